The minimum atomic E-state index is -1.08. The molecule has 144 valence electrons. The molecular weight excluding hydrogens is 378 g/mol. The first-order valence-corrected chi connectivity index (χ1v) is 9.89. The second kappa shape index (κ2) is 8.45. The van der Waals surface area contributed by atoms with Crippen molar-refractivity contribution in [3.05, 3.63) is 60.1 Å². The third kappa shape index (κ3) is 4.35. The zero-order chi connectivity index (χ0) is 19.3. The van der Waals surface area contributed by atoms with E-state index in [0.717, 1.165) is 30.2 Å². The molecule has 1 aliphatic rings. The summed E-state index contributed by atoms with van der Waals surface area (Å²) in [6, 6.07) is 15.1. The van der Waals surface area contributed by atoms with Crippen LogP contribution in [0.15, 0.2) is 58.1 Å². The van der Waals surface area contributed by atoms with Gasteiger partial charge in [-0.1, -0.05) is 42.1 Å². The van der Waals surface area contributed by atoms with Crippen molar-refractivity contribution >= 4 is 23.5 Å². The smallest absolute Gasteiger partial charge is 0.371 e. The van der Waals surface area contributed by atoms with Crippen LogP contribution in [0.3, 0.4) is 0 Å². The van der Waals surface area contributed by atoms with Gasteiger partial charge in [0, 0.05) is 24.7 Å². The molecule has 3 heterocycles. The van der Waals surface area contributed by atoms with E-state index in [4.69, 9.17) is 24.2 Å². The number of carboxylic acids is 1. The Morgan fingerprint density at radius 1 is 1.11 bits per heavy atom. The quantitative estimate of drug-likeness (QED) is 0.499. The van der Waals surface area contributed by atoms with Gasteiger partial charge >= 0.3 is 5.97 Å². The summed E-state index contributed by atoms with van der Waals surface area (Å²) in [5.74, 6) is 0.750. The zero-order valence-corrected chi connectivity index (χ0v) is 15.9. The lowest BCUT2D eigenvalue weighted by atomic mass is 10.1. The van der Waals surface area contributed by atoms with E-state index in [1.807, 2.05) is 36.4 Å². The number of hydrogen-bond acceptors (Lipinski definition) is 7. The molecule has 0 spiro atoms. The second-order valence-electron chi connectivity index (χ2n) is 6.22. The summed E-state index contributed by atoms with van der Waals surface area (Å²) in [6.45, 7) is 2.93. The Labute approximate surface area is 166 Å². The van der Waals surface area contributed by atoms with Crippen molar-refractivity contribution in [3.63, 3.8) is 0 Å². The SMILES string of the molecule is O=C(O)c1ccc(CSc2nc(-c3ccccc3)cc(N3CCOCC3)n2)o1. The maximum Gasteiger partial charge on any atom is 0.371 e. The van der Waals surface area contributed by atoms with Gasteiger partial charge in [-0.2, -0.15) is 0 Å². The number of carbonyl (C=O) groups is 1. The summed E-state index contributed by atoms with van der Waals surface area (Å²) in [4.78, 5) is 22.6. The molecule has 8 heteroatoms. The fourth-order valence-electron chi connectivity index (χ4n) is 2.89. The van der Waals surface area contributed by atoms with Gasteiger partial charge in [0.2, 0.25) is 5.76 Å². The standard InChI is InChI=1S/C20H19N3O4S/c24-19(25)17-7-6-15(27-17)13-28-20-21-16(14-4-2-1-3-5-14)12-18(22-20)23-8-10-26-11-9-23/h1-7,12H,8-11,13H2,(H,24,25). The van der Waals surface area contributed by atoms with Crippen LogP contribution in [-0.4, -0.2) is 47.3 Å². The Kier molecular flexibility index (Phi) is 5.59. The van der Waals surface area contributed by atoms with Crippen molar-refractivity contribution < 1.29 is 19.1 Å². The Bertz CT molecular complexity index is 955. The largest absolute Gasteiger partial charge is 0.475 e. The number of aromatic carboxylic acids is 1. The number of carboxylic acid groups (broad SMARTS) is 1. The van der Waals surface area contributed by atoms with Crippen LogP contribution in [0.4, 0.5) is 5.82 Å². The molecule has 0 aliphatic carbocycles. The molecular formula is C20H19N3O4S. The molecule has 3 aromatic rings. The highest BCUT2D eigenvalue weighted by Crippen LogP contribution is 2.28. The Balaban J connectivity index is 1.60. The van der Waals surface area contributed by atoms with Crippen LogP contribution in [0.1, 0.15) is 16.3 Å². The van der Waals surface area contributed by atoms with Gasteiger partial charge in [-0.3, -0.25) is 0 Å². The predicted molar refractivity (Wildman–Crippen MR) is 106 cm³/mol. The second-order valence-corrected chi connectivity index (χ2v) is 7.16. The van der Waals surface area contributed by atoms with Crippen LogP contribution in [-0.2, 0) is 10.5 Å². The molecule has 1 aliphatic heterocycles. The number of nitrogens with zero attached hydrogens (tertiary/aromatic N) is 3. The van der Waals surface area contributed by atoms with E-state index in [1.54, 1.807) is 6.07 Å². The maximum absolute atomic E-state index is 11.0. The molecule has 0 saturated carbocycles. The zero-order valence-electron chi connectivity index (χ0n) is 15.1. The van der Waals surface area contributed by atoms with Gasteiger partial charge in [0.05, 0.1) is 24.7 Å². The first-order chi connectivity index (χ1) is 13.7. The molecule has 0 radical (unpaired) electrons. The van der Waals surface area contributed by atoms with Crippen LogP contribution in [0.2, 0.25) is 0 Å². The minimum absolute atomic E-state index is 0.0661. The molecule has 1 fully saturated rings. The van der Waals surface area contributed by atoms with Gasteiger partial charge in [-0.05, 0) is 12.1 Å². The number of hydrogen-bond donors (Lipinski definition) is 1. The number of furan rings is 1. The molecule has 0 amide bonds. The average Bonchev–Trinajstić information content (AvgIpc) is 3.23. The van der Waals surface area contributed by atoms with Gasteiger partial charge in [-0.25, -0.2) is 14.8 Å². The molecule has 0 bridgehead atoms. The predicted octanol–water partition coefficient (Wildman–Crippen LogP) is 3.56. The van der Waals surface area contributed by atoms with Crippen molar-refractivity contribution in [2.45, 2.75) is 10.9 Å². The fourth-order valence-corrected chi connectivity index (χ4v) is 3.64. The number of aromatic nitrogens is 2. The molecule has 1 N–H and O–H groups in total. The van der Waals surface area contributed by atoms with Crippen molar-refractivity contribution in [3.8, 4) is 11.3 Å². The lowest BCUT2D eigenvalue weighted by Crippen LogP contribution is -2.36. The van der Waals surface area contributed by atoms with Gasteiger partial charge in [-0.15, -0.1) is 0 Å². The van der Waals surface area contributed by atoms with Crippen LogP contribution in [0.25, 0.3) is 11.3 Å². The highest BCUT2D eigenvalue weighted by atomic mass is 32.2. The molecule has 28 heavy (non-hydrogen) atoms. The molecule has 1 saturated heterocycles. The molecule has 4 rings (SSSR count). The summed E-state index contributed by atoms with van der Waals surface area (Å²) in [5.41, 5.74) is 1.87. The number of thioether (sulfide) groups is 1. The molecule has 0 atom stereocenters. The highest BCUT2D eigenvalue weighted by Gasteiger charge is 2.16. The summed E-state index contributed by atoms with van der Waals surface area (Å²) in [6.07, 6.45) is 0. The van der Waals surface area contributed by atoms with Gasteiger partial charge in [0.1, 0.15) is 11.6 Å². The Morgan fingerprint density at radius 3 is 2.61 bits per heavy atom. The highest BCUT2D eigenvalue weighted by molar-refractivity contribution is 7.98. The van der Waals surface area contributed by atoms with Gasteiger partial charge < -0.3 is 19.2 Å². The van der Waals surface area contributed by atoms with Gasteiger partial charge in [0.15, 0.2) is 5.16 Å². The number of anilines is 1. The van der Waals surface area contributed by atoms with E-state index in [0.29, 0.717) is 29.9 Å². The van der Waals surface area contributed by atoms with Crippen molar-refractivity contribution in [2.24, 2.45) is 0 Å². The van der Waals surface area contributed by atoms with Gasteiger partial charge in [0.25, 0.3) is 0 Å². The van der Waals surface area contributed by atoms with E-state index in [1.165, 1.54) is 17.8 Å². The molecule has 1 aromatic carbocycles. The van der Waals surface area contributed by atoms with Crippen molar-refractivity contribution in [1.82, 2.24) is 9.97 Å². The van der Waals surface area contributed by atoms with E-state index in [-0.39, 0.29) is 5.76 Å². The van der Waals surface area contributed by atoms with E-state index in [2.05, 4.69) is 4.90 Å². The summed E-state index contributed by atoms with van der Waals surface area (Å²) < 4.78 is 10.8. The van der Waals surface area contributed by atoms with Crippen LogP contribution < -0.4 is 4.90 Å². The third-order valence-electron chi connectivity index (χ3n) is 4.31. The molecule has 0 unspecified atom stereocenters. The molecule has 2 aromatic heterocycles. The first kappa shape index (κ1) is 18.5. The monoisotopic (exact) mass is 397 g/mol. The van der Waals surface area contributed by atoms with E-state index >= 15 is 0 Å². The summed E-state index contributed by atoms with van der Waals surface area (Å²) in [5, 5.41) is 9.61. The lowest BCUT2D eigenvalue weighted by molar-refractivity contribution is 0.0661. The van der Waals surface area contributed by atoms with Crippen molar-refractivity contribution in [1.29, 1.82) is 0 Å². The number of rotatable bonds is 6. The van der Waals surface area contributed by atoms with Crippen LogP contribution >= 0.6 is 11.8 Å². The lowest BCUT2D eigenvalue weighted by Gasteiger charge is -2.28. The topological polar surface area (TPSA) is 88.7 Å². The molecule has 7 nitrogen and oxygen atoms in total. The van der Waals surface area contributed by atoms with Crippen LogP contribution in [0, 0.1) is 0 Å². The maximum atomic E-state index is 11.0. The first-order valence-electron chi connectivity index (χ1n) is 8.91. The van der Waals surface area contributed by atoms with Crippen molar-refractivity contribution in [2.75, 3.05) is 31.2 Å². The number of benzene rings is 1. The minimum Gasteiger partial charge on any atom is -0.475 e. The normalized spacial score (nSPS) is 14.2. The Morgan fingerprint density at radius 2 is 1.89 bits per heavy atom. The fraction of sp³-hybridized carbons (Fsp3) is 0.250. The van der Waals surface area contributed by atoms with Crippen LogP contribution in [0.5, 0.6) is 0 Å². The number of ether oxygens (including phenoxy) is 1. The Hall–Kier alpha value is -2.84. The van der Waals surface area contributed by atoms with E-state index < -0.39 is 5.97 Å². The number of morpholine rings is 1. The summed E-state index contributed by atoms with van der Waals surface area (Å²) >= 11 is 1.42. The van der Waals surface area contributed by atoms with E-state index in [9.17, 15) is 4.79 Å². The average molecular weight is 397 g/mol. The third-order valence-corrected chi connectivity index (χ3v) is 5.18. The summed E-state index contributed by atoms with van der Waals surface area (Å²) in [7, 11) is 0.